The van der Waals surface area contributed by atoms with Crippen molar-refractivity contribution in [3.05, 3.63) is 66.0 Å². The van der Waals surface area contributed by atoms with E-state index in [9.17, 15) is 18.0 Å². The van der Waals surface area contributed by atoms with E-state index in [0.717, 1.165) is 25.0 Å². The first-order valence-electron chi connectivity index (χ1n) is 9.73. The number of benzene rings is 2. The van der Waals surface area contributed by atoms with Crippen molar-refractivity contribution in [1.82, 2.24) is 19.7 Å². The molecule has 1 unspecified atom stereocenters. The molecular formula is C22H21F3N4O. The summed E-state index contributed by atoms with van der Waals surface area (Å²) in [6, 6.07) is 13.9. The molecule has 1 saturated carbocycles. The first-order chi connectivity index (χ1) is 14.3. The van der Waals surface area contributed by atoms with Gasteiger partial charge in [-0.05, 0) is 43.9 Å². The lowest BCUT2D eigenvalue weighted by atomic mass is 10.2. The quantitative estimate of drug-likeness (QED) is 0.601. The van der Waals surface area contributed by atoms with Gasteiger partial charge < -0.3 is 4.90 Å². The van der Waals surface area contributed by atoms with E-state index in [-0.39, 0.29) is 23.5 Å². The van der Waals surface area contributed by atoms with Gasteiger partial charge in [0.2, 0.25) is 5.82 Å². The fraction of sp³-hybridized carbons (Fsp3) is 0.318. The third-order valence-corrected chi connectivity index (χ3v) is 5.48. The molecule has 3 aromatic rings. The smallest absolute Gasteiger partial charge is 0.336 e. The minimum absolute atomic E-state index is 0.0405. The zero-order chi connectivity index (χ0) is 21.5. The van der Waals surface area contributed by atoms with Crippen LogP contribution >= 0.6 is 0 Å². The number of carbonyl (C=O) groups is 1. The highest BCUT2D eigenvalue weighted by atomic mass is 19.4. The number of alkyl halides is 3. The summed E-state index contributed by atoms with van der Waals surface area (Å²) in [5.74, 6) is 0.391. The Morgan fingerprint density at radius 2 is 1.83 bits per heavy atom. The lowest BCUT2D eigenvalue weighted by molar-refractivity contribution is -0.137. The summed E-state index contributed by atoms with van der Waals surface area (Å²) in [5, 5.41) is 4.31. The van der Waals surface area contributed by atoms with Crippen LogP contribution in [0, 0.1) is 5.92 Å². The first-order valence-corrected chi connectivity index (χ1v) is 9.73. The van der Waals surface area contributed by atoms with Crippen LogP contribution in [-0.4, -0.2) is 38.7 Å². The number of hydrogen-bond donors (Lipinski definition) is 0. The number of aromatic nitrogens is 3. The number of halogens is 3. The van der Waals surface area contributed by atoms with Gasteiger partial charge in [0.1, 0.15) is 0 Å². The van der Waals surface area contributed by atoms with E-state index in [0.29, 0.717) is 17.3 Å². The van der Waals surface area contributed by atoms with Crippen LogP contribution in [-0.2, 0) is 6.18 Å². The summed E-state index contributed by atoms with van der Waals surface area (Å²) in [6.45, 7) is 1.98. The number of hydrogen-bond acceptors (Lipinski definition) is 3. The minimum Gasteiger partial charge on any atom is -0.336 e. The van der Waals surface area contributed by atoms with Crippen molar-refractivity contribution >= 4 is 5.91 Å². The summed E-state index contributed by atoms with van der Waals surface area (Å²) >= 11 is 0. The van der Waals surface area contributed by atoms with Crippen LogP contribution in [0.1, 0.15) is 35.9 Å². The maximum atomic E-state index is 13.2. The van der Waals surface area contributed by atoms with Gasteiger partial charge in [0.05, 0.1) is 11.3 Å². The van der Waals surface area contributed by atoms with Crippen molar-refractivity contribution in [1.29, 1.82) is 0 Å². The van der Waals surface area contributed by atoms with E-state index in [2.05, 4.69) is 10.1 Å². The summed E-state index contributed by atoms with van der Waals surface area (Å²) in [5.41, 5.74) is 0.0503. The topological polar surface area (TPSA) is 51.0 Å². The third-order valence-electron chi connectivity index (χ3n) is 5.48. The van der Waals surface area contributed by atoms with Crippen LogP contribution in [0.3, 0.4) is 0 Å². The molecule has 1 atom stereocenters. The Kier molecular flexibility index (Phi) is 5.09. The van der Waals surface area contributed by atoms with E-state index < -0.39 is 11.7 Å². The van der Waals surface area contributed by atoms with Gasteiger partial charge in [0.25, 0.3) is 5.91 Å². The Bertz CT molecular complexity index is 1060. The number of rotatable bonds is 5. The fourth-order valence-electron chi connectivity index (χ4n) is 3.41. The van der Waals surface area contributed by atoms with Gasteiger partial charge in [-0.25, -0.2) is 9.67 Å². The van der Waals surface area contributed by atoms with Crippen molar-refractivity contribution in [3.63, 3.8) is 0 Å². The SMILES string of the molecule is CC(C1CC1)N(C)C(=O)c1nc(-c2ccccc2)n(-c2cccc(C(F)(F)F)c2)n1. The molecule has 0 saturated heterocycles. The van der Waals surface area contributed by atoms with Gasteiger partial charge in [0.15, 0.2) is 5.82 Å². The maximum absolute atomic E-state index is 13.2. The minimum atomic E-state index is -4.48. The van der Waals surface area contributed by atoms with Crippen LogP contribution < -0.4 is 0 Å². The number of amides is 1. The van der Waals surface area contributed by atoms with Gasteiger partial charge in [-0.15, -0.1) is 5.10 Å². The van der Waals surface area contributed by atoms with E-state index >= 15 is 0 Å². The maximum Gasteiger partial charge on any atom is 0.416 e. The largest absolute Gasteiger partial charge is 0.416 e. The van der Waals surface area contributed by atoms with Gasteiger partial charge in [0, 0.05) is 18.7 Å². The average molecular weight is 414 g/mol. The Balaban J connectivity index is 1.78. The Morgan fingerprint density at radius 3 is 2.47 bits per heavy atom. The van der Waals surface area contributed by atoms with Crippen molar-refractivity contribution in [2.24, 2.45) is 5.92 Å². The fourth-order valence-corrected chi connectivity index (χ4v) is 3.41. The number of carbonyl (C=O) groups excluding carboxylic acids is 1. The molecule has 0 N–H and O–H groups in total. The van der Waals surface area contributed by atoms with Crippen molar-refractivity contribution in [3.8, 4) is 17.1 Å². The molecule has 1 aromatic heterocycles. The van der Waals surface area contributed by atoms with E-state index in [4.69, 9.17) is 0 Å². The second kappa shape index (κ2) is 7.59. The van der Waals surface area contributed by atoms with Crippen LogP contribution in [0.4, 0.5) is 13.2 Å². The standard InChI is InChI=1S/C22H21F3N4O/c1-14(15-11-12-15)28(2)21(30)19-26-20(16-7-4-3-5-8-16)29(27-19)18-10-6-9-17(13-18)22(23,24)25/h3-10,13-15H,11-12H2,1-2H3. The molecule has 1 aliphatic rings. The zero-order valence-electron chi connectivity index (χ0n) is 16.6. The Morgan fingerprint density at radius 1 is 1.13 bits per heavy atom. The van der Waals surface area contributed by atoms with Gasteiger partial charge in [-0.2, -0.15) is 13.2 Å². The second-order valence-corrected chi connectivity index (χ2v) is 7.58. The molecule has 8 heteroatoms. The normalized spacial score (nSPS) is 15.1. The Hall–Kier alpha value is -3.16. The summed E-state index contributed by atoms with van der Waals surface area (Å²) in [4.78, 5) is 19.0. The second-order valence-electron chi connectivity index (χ2n) is 7.58. The molecule has 1 aliphatic carbocycles. The molecule has 2 aromatic carbocycles. The molecule has 4 rings (SSSR count). The number of nitrogens with zero attached hydrogens (tertiary/aromatic N) is 4. The highest BCUT2D eigenvalue weighted by molar-refractivity contribution is 5.91. The molecule has 1 amide bonds. The summed E-state index contributed by atoms with van der Waals surface area (Å²) in [6.07, 6.45) is -2.32. The lowest BCUT2D eigenvalue weighted by Crippen LogP contribution is -2.37. The highest BCUT2D eigenvalue weighted by Gasteiger charge is 2.34. The van der Waals surface area contributed by atoms with Crippen molar-refractivity contribution in [2.45, 2.75) is 32.0 Å². The molecule has 1 fully saturated rings. The highest BCUT2D eigenvalue weighted by Crippen LogP contribution is 2.35. The molecule has 0 spiro atoms. The first kappa shape index (κ1) is 20.1. The third kappa shape index (κ3) is 3.94. The molecule has 0 bridgehead atoms. The molecular weight excluding hydrogens is 393 g/mol. The molecule has 5 nitrogen and oxygen atoms in total. The molecule has 156 valence electrons. The van der Waals surface area contributed by atoms with Gasteiger partial charge in [-0.3, -0.25) is 4.79 Å². The van der Waals surface area contributed by atoms with Gasteiger partial charge >= 0.3 is 6.18 Å². The van der Waals surface area contributed by atoms with Crippen LogP contribution in [0.2, 0.25) is 0 Å². The predicted octanol–water partition coefficient (Wildman–Crippen LogP) is 4.82. The zero-order valence-corrected chi connectivity index (χ0v) is 16.6. The van der Waals surface area contributed by atoms with Crippen molar-refractivity contribution in [2.75, 3.05) is 7.05 Å². The Labute approximate surface area is 172 Å². The monoisotopic (exact) mass is 414 g/mol. The van der Waals surface area contributed by atoms with Crippen LogP contribution in [0.15, 0.2) is 54.6 Å². The van der Waals surface area contributed by atoms with E-state index in [1.54, 1.807) is 36.2 Å². The molecule has 30 heavy (non-hydrogen) atoms. The predicted molar refractivity (Wildman–Crippen MR) is 106 cm³/mol. The lowest BCUT2D eigenvalue weighted by Gasteiger charge is -2.23. The van der Waals surface area contributed by atoms with E-state index in [1.807, 2.05) is 13.0 Å². The molecule has 1 heterocycles. The van der Waals surface area contributed by atoms with Crippen LogP contribution in [0.25, 0.3) is 17.1 Å². The summed E-state index contributed by atoms with van der Waals surface area (Å²) in [7, 11) is 1.71. The van der Waals surface area contributed by atoms with E-state index in [1.165, 1.54) is 16.8 Å². The van der Waals surface area contributed by atoms with Gasteiger partial charge in [-0.1, -0.05) is 36.4 Å². The van der Waals surface area contributed by atoms with Crippen LogP contribution in [0.5, 0.6) is 0 Å². The molecule has 0 aliphatic heterocycles. The molecule has 0 radical (unpaired) electrons. The van der Waals surface area contributed by atoms with Crippen molar-refractivity contribution < 1.29 is 18.0 Å². The average Bonchev–Trinajstić information content (AvgIpc) is 3.50. The summed E-state index contributed by atoms with van der Waals surface area (Å²) < 4.78 is 40.9.